The number of hydrogen-bond acceptors (Lipinski definition) is 0. The van der Waals surface area contributed by atoms with Crippen molar-refractivity contribution in [3.05, 3.63) is 60.8 Å². The highest BCUT2D eigenvalue weighted by molar-refractivity contribution is 5.37. The Balaban J connectivity index is 4.36. The summed E-state index contributed by atoms with van der Waals surface area (Å²) in [6.45, 7) is 5.52. The molecule has 0 radical (unpaired) electrons. The predicted molar refractivity (Wildman–Crippen MR) is 60.2 cm³/mol. The van der Waals surface area contributed by atoms with Crippen LogP contribution in [-0.2, 0) is 0 Å². The summed E-state index contributed by atoms with van der Waals surface area (Å²) in [6.07, 6.45) is 20.1. The molecule has 0 aliphatic carbocycles. The molecule has 0 saturated heterocycles. The predicted octanol–water partition coefficient (Wildman–Crippen LogP) is 3.42. The zero-order valence-electron chi connectivity index (χ0n) is 7.90. The van der Waals surface area contributed by atoms with Crippen molar-refractivity contribution >= 4 is 0 Å². The molecule has 0 spiro atoms. The van der Waals surface area contributed by atoms with Crippen molar-refractivity contribution in [3.8, 4) is 12.3 Å². The molecular weight excluding hydrogens is 156 g/mol. The maximum atomic E-state index is 5.16. The third-order valence-corrected chi connectivity index (χ3v) is 1.26. The molecule has 0 bridgehead atoms. The van der Waals surface area contributed by atoms with Gasteiger partial charge >= 0.3 is 0 Å². The van der Waals surface area contributed by atoms with Crippen LogP contribution in [0.15, 0.2) is 60.8 Å². The highest BCUT2D eigenvalue weighted by Gasteiger charge is 1.79. The molecule has 0 aliphatic rings. The van der Waals surface area contributed by atoms with Gasteiger partial charge in [0, 0.05) is 0 Å². The van der Waals surface area contributed by atoms with E-state index < -0.39 is 0 Å². The van der Waals surface area contributed by atoms with Crippen LogP contribution in [0.1, 0.15) is 6.92 Å². The Kier molecular flexibility index (Phi) is 7.24. The van der Waals surface area contributed by atoms with Crippen LogP contribution in [0.4, 0.5) is 0 Å². The monoisotopic (exact) mass is 170 g/mol. The second-order valence-corrected chi connectivity index (χ2v) is 2.29. The number of hydrogen-bond donors (Lipinski definition) is 0. The van der Waals surface area contributed by atoms with Gasteiger partial charge in [-0.1, -0.05) is 55.0 Å². The van der Waals surface area contributed by atoms with E-state index in [4.69, 9.17) is 6.42 Å². The van der Waals surface area contributed by atoms with Crippen molar-refractivity contribution in [2.24, 2.45) is 0 Å². The number of allylic oxidation sites excluding steroid dienone is 9. The number of rotatable bonds is 4. The van der Waals surface area contributed by atoms with Crippen LogP contribution in [0, 0.1) is 12.3 Å². The lowest BCUT2D eigenvalue weighted by Crippen LogP contribution is -1.68. The summed E-state index contributed by atoms with van der Waals surface area (Å²) >= 11 is 0. The topological polar surface area (TPSA) is 0 Å². The van der Waals surface area contributed by atoms with Gasteiger partial charge in [-0.2, -0.15) is 0 Å². The Bertz CT molecular complexity index is 290. The molecule has 66 valence electrons. The van der Waals surface area contributed by atoms with Crippen molar-refractivity contribution in [2.45, 2.75) is 6.92 Å². The van der Waals surface area contributed by atoms with E-state index in [0.717, 1.165) is 5.57 Å². The molecule has 0 fully saturated rings. The molecule has 0 amide bonds. The lowest BCUT2D eigenvalue weighted by atomic mass is 10.2. The maximum absolute atomic E-state index is 5.16. The standard InChI is InChI=1S/C13H14/c1-4-7-8-9-12-13(10-5-2)11-6-3/h2,4,6-12H,1H2,3H3/b8-7-,11-6-,12-9+,13-10+. The Hall–Kier alpha value is -1.74. The number of terminal acetylenes is 1. The quantitative estimate of drug-likeness (QED) is 0.448. The van der Waals surface area contributed by atoms with Crippen molar-refractivity contribution in [1.29, 1.82) is 0 Å². The van der Waals surface area contributed by atoms with Crippen LogP contribution in [0.5, 0.6) is 0 Å². The molecule has 0 aromatic heterocycles. The minimum absolute atomic E-state index is 1.01. The van der Waals surface area contributed by atoms with Gasteiger partial charge in [-0.05, 0) is 18.6 Å². The van der Waals surface area contributed by atoms with Gasteiger partial charge < -0.3 is 0 Å². The largest absolute Gasteiger partial charge is 0.115 e. The lowest BCUT2D eigenvalue weighted by molar-refractivity contribution is 1.64. The summed E-state index contributed by atoms with van der Waals surface area (Å²) in [5.41, 5.74) is 1.01. The van der Waals surface area contributed by atoms with Gasteiger partial charge in [-0.15, -0.1) is 6.42 Å². The molecule has 0 aromatic rings. The zero-order chi connectivity index (χ0) is 9.94. The van der Waals surface area contributed by atoms with E-state index in [1.165, 1.54) is 0 Å². The fraction of sp³-hybridized carbons (Fsp3) is 0.0769. The summed E-state index contributed by atoms with van der Waals surface area (Å²) in [5, 5.41) is 0. The van der Waals surface area contributed by atoms with Gasteiger partial charge in [0.25, 0.3) is 0 Å². The highest BCUT2D eigenvalue weighted by Crippen LogP contribution is 1.98. The van der Waals surface area contributed by atoms with Crippen LogP contribution in [0.25, 0.3) is 0 Å². The molecule has 0 unspecified atom stereocenters. The van der Waals surface area contributed by atoms with Crippen LogP contribution < -0.4 is 0 Å². The van der Waals surface area contributed by atoms with Crippen molar-refractivity contribution < 1.29 is 0 Å². The molecule has 0 heterocycles. The van der Waals surface area contributed by atoms with E-state index in [1.54, 1.807) is 12.2 Å². The van der Waals surface area contributed by atoms with Gasteiger partial charge in [0.1, 0.15) is 0 Å². The molecule has 0 rings (SSSR count). The van der Waals surface area contributed by atoms with Crippen LogP contribution in [0.3, 0.4) is 0 Å². The molecule has 13 heavy (non-hydrogen) atoms. The first-order chi connectivity index (χ1) is 6.35. The van der Waals surface area contributed by atoms with Crippen LogP contribution in [0.2, 0.25) is 0 Å². The van der Waals surface area contributed by atoms with E-state index in [2.05, 4.69) is 12.5 Å². The second kappa shape index (κ2) is 8.36. The Morgan fingerprint density at radius 1 is 1.23 bits per heavy atom. The van der Waals surface area contributed by atoms with Crippen LogP contribution >= 0.6 is 0 Å². The fourth-order valence-corrected chi connectivity index (χ4v) is 0.750. The van der Waals surface area contributed by atoms with Crippen molar-refractivity contribution in [2.75, 3.05) is 0 Å². The van der Waals surface area contributed by atoms with Gasteiger partial charge in [0.15, 0.2) is 0 Å². The van der Waals surface area contributed by atoms with Crippen LogP contribution in [-0.4, -0.2) is 0 Å². The summed E-state index contributed by atoms with van der Waals surface area (Å²) in [7, 11) is 0. The Morgan fingerprint density at radius 2 is 2.00 bits per heavy atom. The minimum atomic E-state index is 1.01. The van der Waals surface area contributed by atoms with E-state index in [9.17, 15) is 0 Å². The molecule has 0 heteroatoms. The SMILES string of the molecule is C#C/C=C(\C=C/C)/C=C/C=C\C=C. The third-order valence-electron chi connectivity index (χ3n) is 1.26. The molecule has 0 aliphatic heterocycles. The zero-order valence-corrected chi connectivity index (χ0v) is 7.90. The van der Waals surface area contributed by atoms with E-state index in [1.807, 2.05) is 43.4 Å². The van der Waals surface area contributed by atoms with Gasteiger partial charge in [-0.25, -0.2) is 0 Å². The molecule has 0 atom stereocenters. The molecule has 0 N–H and O–H groups in total. The summed E-state index contributed by atoms with van der Waals surface area (Å²) in [4.78, 5) is 0. The van der Waals surface area contributed by atoms with Crippen molar-refractivity contribution in [3.63, 3.8) is 0 Å². The highest BCUT2D eigenvalue weighted by atomic mass is 13.8. The summed E-state index contributed by atoms with van der Waals surface area (Å²) < 4.78 is 0. The molecule has 0 saturated carbocycles. The van der Waals surface area contributed by atoms with E-state index in [-0.39, 0.29) is 0 Å². The average Bonchev–Trinajstić information content (AvgIpc) is 2.13. The normalized spacial score (nSPS) is 12.8. The van der Waals surface area contributed by atoms with E-state index in [0.29, 0.717) is 0 Å². The van der Waals surface area contributed by atoms with Gasteiger partial charge in [0.2, 0.25) is 0 Å². The molecule has 0 nitrogen and oxygen atoms in total. The fourth-order valence-electron chi connectivity index (χ4n) is 0.750. The van der Waals surface area contributed by atoms with Crippen molar-refractivity contribution in [1.82, 2.24) is 0 Å². The Labute approximate surface area is 80.7 Å². The van der Waals surface area contributed by atoms with E-state index >= 15 is 0 Å². The first-order valence-electron chi connectivity index (χ1n) is 4.10. The van der Waals surface area contributed by atoms with Gasteiger partial charge in [-0.3, -0.25) is 0 Å². The molecular formula is C13H14. The Morgan fingerprint density at radius 3 is 2.54 bits per heavy atom. The first-order valence-corrected chi connectivity index (χ1v) is 4.10. The first kappa shape index (κ1) is 11.3. The third kappa shape index (κ3) is 6.65. The average molecular weight is 170 g/mol. The smallest absolute Gasteiger partial charge is 0.00491 e. The summed E-state index contributed by atoms with van der Waals surface area (Å²) in [6, 6.07) is 0. The minimum Gasteiger partial charge on any atom is -0.115 e. The second-order valence-electron chi connectivity index (χ2n) is 2.29. The van der Waals surface area contributed by atoms with Gasteiger partial charge in [0.05, 0.1) is 0 Å². The lowest BCUT2D eigenvalue weighted by Gasteiger charge is -1.87. The summed E-state index contributed by atoms with van der Waals surface area (Å²) in [5.74, 6) is 2.48. The maximum Gasteiger partial charge on any atom is -0.00491 e. The molecule has 0 aromatic carbocycles.